The fourth-order valence-corrected chi connectivity index (χ4v) is 2.81. The van der Waals surface area contributed by atoms with Gasteiger partial charge in [-0.25, -0.2) is 0 Å². The number of hydrogen-bond donors (Lipinski definition) is 1. The first-order valence-electron chi connectivity index (χ1n) is 7.60. The maximum Gasteiger partial charge on any atom is 0.162 e. The van der Waals surface area contributed by atoms with Crippen LogP contribution in [-0.4, -0.2) is 26.3 Å². The number of unbranched alkanes of at least 4 members (excludes halogenated alkanes) is 1. The van der Waals surface area contributed by atoms with Crippen LogP contribution >= 0.6 is 15.9 Å². The number of aryl methyl sites for hydroxylation is 1. The number of rotatable bonds is 7. The minimum atomic E-state index is 0.738. The zero-order valence-electron chi connectivity index (χ0n) is 12.2. The molecule has 3 nitrogen and oxygen atoms in total. The lowest BCUT2D eigenvalue weighted by Crippen LogP contribution is -2.15. The fourth-order valence-electron chi connectivity index (χ4n) is 2.28. The minimum Gasteiger partial charge on any atom is -0.490 e. The van der Waals surface area contributed by atoms with Crippen molar-refractivity contribution in [1.82, 2.24) is 5.32 Å². The lowest BCUT2D eigenvalue weighted by atomic mass is 10.1. The van der Waals surface area contributed by atoms with E-state index in [0.29, 0.717) is 0 Å². The zero-order valence-corrected chi connectivity index (χ0v) is 13.8. The van der Waals surface area contributed by atoms with Gasteiger partial charge in [0.1, 0.15) is 0 Å². The summed E-state index contributed by atoms with van der Waals surface area (Å²) in [5.74, 6) is 1.76. The lowest BCUT2D eigenvalue weighted by Gasteiger charge is -2.11. The molecule has 0 saturated heterocycles. The SMILES string of the molecule is CCCNCCCCc1cc2c(cc1Br)OCCCO2. The Kier molecular flexibility index (Phi) is 6.67. The molecule has 0 amide bonds. The van der Waals surface area contributed by atoms with Gasteiger partial charge in [0, 0.05) is 10.9 Å². The van der Waals surface area contributed by atoms with E-state index in [-0.39, 0.29) is 0 Å². The largest absolute Gasteiger partial charge is 0.490 e. The van der Waals surface area contributed by atoms with E-state index in [1.165, 1.54) is 24.8 Å². The summed E-state index contributed by atoms with van der Waals surface area (Å²) < 4.78 is 12.6. The second-order valence-electron chi connectivity index (χ2n) is 5.15. The summed E-state index contributed by atoms with van der Waals surface area (Å²) >= 11 is 3.64. The average molecular weight is 342 g/mol. The van der Waals surface area contributed by atoms with Gasteiger partial charge in [-0.15, -0.1) is 0 Å². The van der Waals surface area contributed by atoms with Crippen molar-refractivity contribution in [2.75, 3.05) is 26.3 Å². The molecule has 0 aromatic heterocycles. The van der Waals surface area contributed by atoms with E-state index in [1.54, 1.807) is 0 Å². The van der Waals surface area contributed by atoms with Crippen LogP contribution in [0.4, 0.5) is 0 Å². The van der Waals surface area contributed by atoms with E-state index in [1.807, 2.05) is 6.07 Å². The molecule has 1 N–H and O–H groups in total. The molecule has 1 aromatic carbocycles. The van der Waals surface area contributed by atoms with Gasteiger partial charge in [-0.2, -0.15) is 0 Å². The molecule has 20 heavy (non-hydrogen) atoms. The summed E-state index contributed by atoms with van der Waals surface area (Å²) in [6, 6.07) is 4.18. The van der Waals surface area contributed by atoms with Crippen molar-refractivity contribution in [2.45, 2.75) is 39.0 Å². The van der Waals surface area contributed by atoms with Crippen LogP contribution < -0.4 is 14.8 Å². The quantitative estimate of drug-likeness (QED) is 0.762. The third kappa shape index (κ3) is 4.67. The minimum absolute atomic E-state index is 0.738. The van der Waals surface area contributed by atoms with Crippen molar-refractivity contribution >= 4 is 15.9 Å². The number of ether oxygens (including phenoxy) is 2. The molecule has 1 aromatic rings. The zero-order chi connectivity index (χ0) is 14.2. The standard InChI is InChI=1S/C16H24BrNO2/c1-2-7-18-8-4-3-6-13-11-15-16(12-14(13)17)20-10-5-9-19-15/h11-12,18H,2-10H2,1H3. The van der Waals surface area contributed by atoms with Gasteiger partial charge < -0.3 is 14.8 Å². The van der Waals surface area contributed by atoms with E-state index >= 15 is 0 Å². The Labute approximate surface area is 130 Å². The molecule has 1 aliphatic heterocycles. The molecule has 4 heteroatoms. The van der Waals surface area contributed by atoms with Gasteiger partial charge in [0.15, 0.2) is 11.5 Å². The third-order valence-corrected chi connectivity index (χ3v) is 4.13. The number of benzene rings is 1. The van der Waals surface area contributed by atoms with Gasteiger partial charge in [-0.3, -0.25) is 0 Å². The van der Waals surface area contributed by atoms with Crippen LogP contribution in [0.2, 0.25) is 0 Å². The van der Waals surface area contributed by atoms with Crippen molar-refractivity contribution in [3.8, 4) is 11.5 Å². The van der Waals surface area contributed by atoms with Crippen molar-refractivity contribution in [3.63, 3.8) is 0 Å². The molecular formula is C16H24BrNO2. The number of hydrogen-bond acceptors (Lipinski definition) is 3. The second-order valence-corrected chi connectivity index (χ2v) is 6.00. The molecular weight excluding hydrogens is 318 g/mol. The van der Waals surface area contributed by atoms with Crippen molar-refractivity contribution in [3.05, 3.63) is 22.2 Å². The molecule has 0 fully saturated rings. The maximum atomic E-state index is 5.75. The van der Waals surface area contributed by atoms with Gasteiger partial charge in [-0.1, -0.05) is 22.9 Å². The summed E-state index contributed by atoms with van der Waals surface area (Å²) in [6.45, 7) is 5.91. The predicted octanol–water partition coefficient (Wildman–Crippen LogP) is 3.93. The number of nitrogens with one attached hydrogen (secondary N) is 1. The van der Waals surface area contributed by atoms with Crippen LogP contribution in [0.1, 0.15) is 38.2 Å². The summed E-state index contributed by atoms with van der Waals surface area (Å²) in [6.07, 6.45) is 5.62. The molecule has 1 aliphatic rings. The molecule has 0 bridgehead atoms. The molecule has 0 spiro atoms. The summed E-state index contributed by atoms with van der Waals surface area (Å²) in [4.78, 5) is 0. The molecule has 0 saturated carbocycles. The van der Waals surface area contributed by atoms with Gasteiger partial charge >= 0.3 is 0 Å². The molecule has 2 rings (SSSR count). The predicted molar refractivity (Wildman–Crippen MR) is 85.8 cm³/mol. The summed E-state index contributed by atoms with van der Waals surface area (Å²) in [7, 11) is 0. The van der Waals surface area contributed by atoms with Crippen LogP contribution in [0.15, 0.2) is 16.6 Å². The van der Waals surface area contributed by atoms with E-state index in [4.69, 9.17) is 9.47 Å². The van der Waals surface area contributed by atoms with Crippen LogP contribution in [0.25, 0.3) is 0 Å². The van der Waals surface area contributed by atoms with Crippen LogP contribution in [-0.2, 0) is 6.42 Å². The molecule has 1 heterocycles. The van der Waals surface area contributed by atoms with Crippen LogP contribution in [0.5, 0.6) is 11.5 Å². The number of fused-ring (bicyclic) bond motifs is 1. The van der Waals surface area contributed by atoms with Gasteiger partial charge in [0.05, 0.1) is 13.2 Å². The highest BCUT2D eigenvalue weighted by molar-refractivity contribution is 9.10. The van der Waals surface area contributed by atoms with Crippen molar-refractivity contribution in [1.29, 1.82) is 0 Å². The topological polar surface area (TPSA) is 30.5 Å². The van der Waals surface area contributed by atoms with Gasteiger partial charge in [0.2, 0.25) is 0 Å². The highest BCUT2D eigenvalue weighted by Crippen LogP contribution is 2.35. The Morgan fingerprint density at radius 2 is 1.85 bits per heavy atom. The fraction of sp³-hybridized carbons (Fsp3) is 0.625. The smallest absolute Gasteiger partial charge is 0.162 e. The normalized spacial score (nSPS) is 14.1. The van der Waals surface area contributed by atoms with Crippen molar-refractivity contribution in [2.24, 2.45) is 0 Å². The third-order valence-electron chi connectivity index (χ3n) is 3.39. The number of halogens is 1. The summed E-state index contributed by atoms with van der Waals surface area (Å²) in [5.41, 5.74) is 1.31. The Morgan fingerprint density at radius 3 is 2.60 bits per heavy atom. The van der Waals surface area contributed by atoms with E-state index in [0.717, 1.165) is 55.1 Å². The summed E-state index contributed by atoms with van der Waals surface area (Å²) in [5, 5.41) is 3.44. The molecule has 0 atom stereocenters. The van der Waals surface area contributed by atoms with Gasteiger partial charge in [0.25, 0.3) is 0 Å². The average Bonchev–Trinajstić information content (AvgIpc) is 2.67. The molecule has 0 unspecified atom stereocenters. The van der Waals surface area contributed by atoms with Crippen LogP contribution in [0.3, 0.4) is 0 Å². The first kappa shape index (κ1) is 15.6. The van der Waals surface area contributed by atoms with E-state index in [9.17, 15) is 0 Å². The van der Waals surface area contributed by atoms with Crippen molar-refractivity contribution < 1.29 is 9.47 Å². The molecule has 0 radical (unpaired) electrons. The monoisotopic (exact) mass is 341 g/mol. The van der Waals surface area contributed by atoms with E-state index in [2.05, 4.69) is 34.2 Å². The maximum absolute atomic E-state index is 5.75. The lowest BCUT2D eigenvalue weighted by molar-refractivity contribution is 0.297. The Balaban J connectivity index is 1.86. The Hall–Kier alpha value is -0.740. The highest BCUT2D eigenvalue weighted by Gasteiger charge is 2.13. The highest BCUT2D eigenvalue weighted by atomic mass is 79.9. The Morgan fingerprint density at radius 1 is 1.10 bits per heavy atom. The molecule has 0 aliphatic carbocycles. The van der Waals surface area contributed by atoms with Crippen LogP contribution in [0, 0.1) is 0 Å². The second kappa shape index (κ2) is 8.53. The molecule has 112 valence electrons. The van der Waals surface area contributed by atoms with Gasteiger partial charge in [-0.05, 0) is 56.5 Å². The van der Waals surface area contributed by atoms with E-state index < -0.39 is 0 Å². The first-order chi connectivity index (χ1) is 9.81. The Bertz CT molecular complexity index is 423. The first-order valence-corrected chi connectivity index (χ1v) is 8.39.